The lowest BCUT2D eigenvalue weighted by atomic mass is 9.91. The Hall–Kier alpha value is -6.23. The van der Waals surface area contributed by atoms with Gasteiger partial charge in [0.25, 0.3) is 5.91 Å². The van der Waals surface area contributed by atoms with Crippen molar-refractivity contribution in [1.29, 1.82) is 0 Å². The summed E-state index contributed by atoms with van der Waals surface area (Å²) in [4.78, 5) is 67.5. The summed E-state index contributed by atoms with van der Waals surface area (Å²) in [6.07, 6.45) is 5.75. The highest BCUT2D eigenvalue weighted by Crippen LogP contribution is 2.35. The summed E-state index contributed by atoms with van der Waals surface area (Å²) in [5, 5.41) is 8.19. The quantitative estimate of drug-likeness (QED) is 0.150. The van der Waals surface area contributed by atoms with Crippen molar-refractivity contribution in [3.05, 3.63) is 101 Å². The number of fused-ring (bicyclic) bond motifs is 3. The van der Waals surface area contributed by atoms with Gasteiger partial charge in [0, 0.05) is 86.5 Å². The standard InChI is InChI=1S/C44H44N8O5/c1-4-40-49-41(38-25-50(28(2)54)18-19-51(38)40)32-12-6-10-30-21-36(46-23-34(30)32)31-15-16-39(47-22-31)44(26-57-27-44)48-17-7-11-29-9-5-13-33-35(29)24-52(43(33)56)37(14-8-20-53)42(55)45-3/h5-6,9-10,12-13,15-16,20-23,37,48H,4,8,14,17-19,24-27H2,1-3H3,(H,45,55). The van der Waals surface area contributed by atoms with Crippen LogP contribution in [0.5, 0.6) is 0 Å². The first-order valence-electron chi connectivity index (χ1n) is 19.3. The van der Waals surface area contributed by atoms with Crippen LogP contribution in [0.15, 0.2) is 67.0 Å². The Kier molecular flexibility index (Phi) is 10.4. The minimum atomic E-state index is -0.737. The Morgan fingerprint density at radius 2 is 1.86 bits per heavy atom. The maximum atomic E-state index is 13.3. The number of ether oxygens (including phenoxy) is 1. The minimum absolute atomic E-state index is 0.0674. The van der Waals surface area contributed by atoms with Crippen LogP contribution in [0.4, 0.5) is 0 Å². The Morgan fingerprint density at radius 3 is 2.58 bits per heavy atom. The molecule has 0 spiro atoms. The Labute approximate surface area is 330 Å². The first-order chi connectivity index (χ1) is 27.7. The second-order valence-electron chi connectivity index (χ2n) is 14.7. The topological polar surface area (TPSA) is 152 Å². The zero-order valence-corrected chi connectivity index (χ0v) is 32.3. The Morgan fingerprint density at radius 1 is 1.04 bits per heavy atom. The Balaban J connectivity index is 0.977. The molecule has 1 unspecified atom stereocenters. The number of rotatable bonds is 11. The lowest BCUT2D eigenvalue weighted by Crippen LogP contribution is -2.58. The predicted octanol–water partition coefficient (Wildman–Crippen LogP) is 4.00. The highest BCUT2D eigenvalue weighted by molar-refractivity contribution is 6.02. The number of carbonyl (C=O) groups excluding carboxylic acids is 4. The van der Waals surface area contributed by atoms with Gasteiger partial charge in [-0.25, -0.2) is 4.98 Å². The maximum Gasteiger partial charge on any atom is 0.255 e. The van der Waals surface area contributed by atoms with E-state index in [9.17, 15) is 19.2 Å². The molecule has 3 aromatic heterocycles. The molecular formula is C44H44N8O5. The van der Waals surface area contributed by atoms with Gasteiger partial charge in [-0.15, -0.1) is 0 Å². The van der Waals surface area contributed by atoms with Crippen molar-refractivity contribution in [3.63, 3.8) is 0 Å². The van der Waals surface area contributed by atoms with Gasteiger partial charge in [-0.05, 0) is 47.7 Å². The molecule has 0 aliphatic carbocycles. The molecule has 2 N–H and O–H groups in total. The fourth-order valence-electron chi connectivity index (χ4n) is 8.10. The SMILES string of the molecule is CCc1nc(-c2cccc3cc(-c4ccc(C5(NCC#Cc6cccc7c6CN(C(CCC=O)C(=O)NC)C7=O)COC5)nc4)ncc23)c2n1CCN(C(C)=O)C2. The molecule has 3 aliphatic rings. The number of hydrogen-bond acceptors (Lipinski definition) is 9. The second kappa shape index (κ2) is 15.7. The molecule has 5 aromatic rings. The molecule has 8 rings (SSSR count). The molecule has 13 nitrogen and oxygen atoms in total. The molecule has 0 radical (unpaired) electrons. The molecule has 3 aliphatic heterocycles. The summed E-state index contributed by atoms with van der Waals surface area (Å²) < 4.78 is 7.92. The number of imidazole rings is 1. The van der Waals surface area contributed by atoms with E-state index in [1.165, 1.54) is 11.9 Å². The highest BCUT2D eigenvalue weighted by Gasteiger charge is 2.41. The maximum absolute atomic E-state index is 13.3. The second-order valence-corrected chi connectivity index (χ2v) is 14.7. The van der Waals surface area contributed by atoms with Gasteiger partial charge in [0.05, 0.1) is 49.1 Å². The van der Waals surface area contributed by atoms with Crippen LogP contribution in [0.2, 0.25) is 0 Å². The zero-order chi connectivity index (χ0) is 39.7. The highest BCUT2D eigenvalue weighted by atomic mass is 16.5. The van der Waals surface area contributed by atoms with Crippen LogP contribution >= 0.6 is 0 Å². The van der Waals surface area contributed by atoms with E-state index in [0.29, 0.717) is 38.4 Å². The molecule has 2 aromatic carbocycles. The lowest BCUT2D eigenvalue weighted by Gasteiger charge is -2.41. The molecule has 6 heterocycles. The van der Waals surface area contributed by atoms with Crippen molar-refractivity contribution in [2.45, 2.75) is 64.3 Å². The van der Waals surface area contributed by atoms with E-state index in [-0.39, 0.29) is 37.1 Å². The molecule has 3 amide bonds. The third-order valence-electron chi connectivity index (χ3n) is 11.3. The summed E-state index contributed by atoms with van der Waals surface area (Å²) in [5.74, 6) is 7.00. The third kappa shape index (κ3) is 6.96. The number of aromatic nitrogens is 4. The Bertz CT molecular complexity index is 2460. The lowest BCUT2D eigenvalue weighted by molar-refractivity contribution is -0.130. The van der Waals surface area contributed by atoms with Crippen LogP contribution in [0.3, 0.4) is 0 Å². The van der Waals surface area contributed by atoms with Gasteiger partial charge < -0.3 is 29.2 Å². The number of nitrogens with zero attached hydrogens (tertiary/aromatic N) is 6. The van der Waals surface area contributed by atoms with Crippen LogP contribution in [0.1, 0.15) is 65.4 Å². The third-order valence-corrected chi connectivity index (χ3v) is 11.3. The molecule has 57 heavy (non-hydrogen) atoms. The molecule has 1 atom stereocenters. The number of likely N-dealkylation sites (N-methyl/N-ethyl adjacent to an activating group) is 1. The summed E-state index contributed by atoms with van der Waals surface area (Å²) >= 11 is 0. The van der Waals surface area contributed by atoms with Gasteiger partial charge in [-0.2, -0.15) is 0 Å². The minimum Gasteiger partial charge on any atom is -0.377 e. The first-order valence-corrected chi connectivity index (χ1v) is 19.3. The zero-order valence-electron chi connectivity index (χ0n) is 32.3. The number of pyridine rings is 2. The number of carbonyl (C=O) groups is 4. The average molecular weight is 765 g/mol. The van der Waals surface area contributed by atoms with E-state index >= 15 is 0 Å². The number of nitrogens with one attached hydrogen (secondary N) is 2. The monoisotopic (exact) mass is 764 g/mol. The fourth-order valence-corrected chi connectivity index (χ4v) is 8.10. The summed E-state index contributed by atoms with van der Waals surface area (Å²) in [7, 11) is 1.53. The van der Waals surface area contributed by atoms with Gasteiger partial charge in [0.2, 0.25) is 11.8 Å². The largest absolute Gasteiger partial charge is 0.377 e. The van der Waals surface area contributed by atoms with Crippen molar-refractivity contribution < 1.29 is 23.9 Å². The van der Waals surface area contributed by atoms with Crippen molar-refractivity contribution in [2.24, 2.45) is 0 Å². The van der Waals surface area contributed by atoms with Gasteiger partial charge in [0.15, 0.2) is 0 Å². The van der Waals surface area contributed by atoms with Crippen LogP contribution in [-0.4, -0.2) is 92.7 Å². The predicted molar refractivity (Wildman–Crippen MR) is 214 cm³/mol. The summed E-state index contributed by atoms with van der Waals surface area (Å²) in [5.41, 5.74) is 7.03. The number of hydrogen-bond donors (Lipinski definition) is 2. The summed E-state index contributed by atoms with van der Waals surface area (Å²) in [6.45, 7) is 7.20. The number of aryl methyl sites for hydroxylation is 1. The number of amides is 3. The van der Waals surface area contributed by atoms with Crippen molar-refractivity contribution >= 4 is 34.8 Å². The number of aldehydes is 1. The van der Waals surface area contributed by atoms with E-state index in [0.717, 1.165) is 80.9 Å². The van der Waals surface area contributed by atoms with Gasteiger partial charge >= 0.3 is 0 Å². The van der Waals surface area contributed by atoms with Crippen LogP contribution in [0, 0.1) is 11.8 Å². The first kappa shape index (κ1) is 37.7. The van der Waals surface area contributed by atoms with E-state index in [1.54, 1.807) is 19.1 Å². The van der Waals surface area contributed by atoms with Crippen molar-refractivity contribution in [2.75, 3.05) is 33.4 Å². The molecule has 0 bridgehead atoms. The van der Waals surface area contributed by atoms with Crippen LogP contribution < -0.4 is 10.6 Å². The normalized spacial score (nSPS) is 15.9. The molecular weight excluding hydrogens is 721 g/mol. The van der Waals surface area contributed by atoms with Crippen molar-refractivity contribution in [3.8, 4) is 34.4 Å². The van der Waals surface area contributed by atoms with E-state index < -0.39 is 11.6 Å². The van der Waals surface area contributed by atoms with E-state index in [4.69, 9.17) is 19.7 Å². The molecule has 13 heteroatoms. The van der Waals surface area contributed by atoms with Crippen LogP contribution in [-0.2, 0) is 50.7 Å². The molecule has 1 fully saturated rings. The number of benzene rings is 2. The summed E-state index contributed by atoms with van der Waals surface area (Å²) in [6, 6.07) is 17.0. The molecule has 1 saturated heterocycles. The molecule has 0 saturated carbocycles. The van der Waals surface area contributed by atoms with Gasteiger partial charge in [-0.1, -0.05) is 43.0 Å². The van der Waals surface area contributed by atoms with E-state index in [1.807, 2.05) is 41.6 Å². The van der Waals surface area contributed by atoms with Crippen LogP contribution in [0.25, 0.3) is 33.3 Å². The van der Waals surface area contributed by atoms with E-state index in [2.05, 4.69) is 52.2 Å². The smallest absolute Gasteiger partial charge is 0.255 e. The van der Waals surface area contributed by atoms with Gasteiger partial charge in [0.1, 0.15) is 23.7 Å². The van der Waals surface area contributed by atoms with Crippen molar-refractivity contribution in [1.82, 2.24) is 40.0 Å². The molecule has 290 valence electrons. The van der Waals surface area contributed by atoms with Gasteiger partial charge in [-0.3, -0.25) is 29.7 Å². The fraction of sp³-hybridized carbons (Fsp3) is 0.341. The average Bonchev–Trinajstić information content (AvgIpc) is 3.77.